The molecule has 0 aromatic carbocycles. The molecule has 0 radical (unpaired) electrons. The molecule has 0 saturated heterocycles. The second kappa shape index (κ2) is 3.58. The minimum Gasteiger partial charge on any atom is -0.0831 e. The molecule has 0 atom stereocenters. The zero-order valence-corrected chi connectivity index (χ0v) is 12.5. The van der Waals surface area contributed by atoms with E-state index in [4.69, 9.17) is 24.4 Å². The maximum absolute atomic E-state index is 5.73. The van der Waals surface area contributed by atoms with E-state index in [1.807, 2.05) is 0 Å². The van der Waals surface area contributed by atoms with Gasteiger partial charge in [0.1, 0.15) is 0 Å². The molecule has 16 heavy (non-hydrogen) atoms. The summed E-state index contributed by atoms with van der Waals surface area (Å²) in [5.41, 5.74) is 0.520. The Morgan fingerprint density at radius 2 is 1.31 bits per heavy atom. The van der Waals surface area contributed by atoms with Gasteiger partial charge in [-0.25, -0.2) is 0 Å². The van der Waals surface area contributed by atoms with Crippen LogP contribution in [0.2, 0.25) is 0 Å². The number of hydrogen-bond acceptors (Lipinski definition) is 2. The third-order valence-electron chi connectivity index (χ3n) is 5.67. The van der Waals surface area contributed by atoms with E-state index in [2.05, 4.69) is 27.7 Å². The lowest BCUT2D eigenvalue weighted by atomic mass is 9.55. The van der Waals surface area contributed by atoms with Crippen LogP contribution < -0.4 is 0 Å². The molecule has 0 unspecified atom stereocenters. The van der Waals surface area contributed by atoms with Gasteiger partial charge in [-0.2, -0.15) is 0 Å². The molecular formula is C14H22S2. The fourth-order valence-corrected chi connectivity index (χ4v) is 4.84. The van der Waals surface area contributed by atoms with Crippen molar-refractivity contribution in [2.75, 3.05) is 0 Å². The van der Waals surface area contributed by atoms with Gasteiger partial charge >= 0.3 is 0 Å². The Bertz CT molecular complexity index is 344. The van der Waals surface area contributed by atoms with Crippen molar-refractivity contribution in [3.63, 3.8) is 0 Å². The highest BCUT2D eigenvalue weighted by Gasteiger charge is 2.63. The van der Waals surface area contributed by atoms with Gasteiger partial charge in [-0.05, 0) is 18.3 Å². The van der Waals surface area contributed by atoms with Crippen molar-refractivity contribution < 1.29 is 0 Å². The van der Waals surface area contributed by atoms with Crippen LogP contribution in [0.4, 0.5) is 0 Å². The van der Waals surface area contributed by atoms with Crippen LogP contribution in [0.5, 0.6) is 0 Å². The molecule has 1 spiro atoms. The Labute approximate surface area is 110 Å². The van der Waals surface area contributed by atoms with Crippen LogP contribution in [0.3, 0.4) is 0 Å². The molecular weight excluding hydrogens is 232 g/mol. The standard InChI is InChI=1S/C14H22S2/c1-12(2)10(15)11(16)14(13(12,3)4)8-6-5-7-9-14/h5-9H2,1-4H3. The number of hydrogen-bond donors (Lipinski definition) is 0. The van der Waals surface area contributed by atoms with Crippen molar-refractivity contribution in [1.29, 1.82) is 0 Å². The van der Waals surface area contributed by atoms with Crippen LogP contribution in [-0.2, 0) is 0 Å². The maximum Gasteiger partial charge on any atom is 0.0364 e. The Hall–Kier alpha value is 0.180. The van der Waals surface area contributed by atoms with Gasteiger partial charge in [0.25, 0.3) is 0 Å². The van der Waals surface area contributed by atoms with Gasteiger partial charge in [0.2, 0.25) is 0 Å². The van der Waals surface area contributed by atoms with E-state index in [0.29, 0.717) is 0 Å². The Morgan fingerprint density at radius 1 is 0.812 bits per heavy atom. The summed E-state index contributed by atoms with van der Waals surface area (Å²) < 4.78 is 0. The van der Waals surface area contributed by atoms with Crippen molar-refractivity contribution in [2.45, 2.75) is 59.8 Å². The highest BCUT2D eigenvalue weighted by Crippen LogP contribution is 2.64. The Balaban J connectivity index is 2.54. The molecule has 0 aliphatic heterocycles. The van der Waals surface area contributed by atoms with E-state index in [-0.39, 0.29) is 16.2 Å². The van der Waals surface area contributed by atoms with E-state index in [0.717, 1.165) is 9.73 Å². The largest absolute Gasteiger partial charge is 0.0831 e. The molecule has 2 aliphatic rings. The predicted molar refractivity (Wildman–Crippen MR) is 78.3 cm³/mol. The maximum atomic E-state index is 5.73. The molecule has 90 valence electrons. The van der Waals surface area contributed by atoms with Crippen molar-refractivity contribution >= 4 is 34.2 Å². The van der Waals surface area contributed by atoms with Crippen LogP contribution >= 0.6 is 24.4 Å². The van der Waals surface area contributed by atoms with Gasteiger partial charge < -0.3 is 0 Å². The van der Waals surface area contributed by atoms with Crippen LogP contribution in [-0.4, -0.2) is 9.73 Å². The molecule has 0 amide bonds. The molecule has 0 aromatic heterocycles. The summed E-state index contributed by atoms with van der Waals surface area (Å²) in [5, 5.41) is 0. The lowest BCUT2D eigenvalue weighted by Gasteiger charge is -2.49. The number of rotatable bonds is 0. The minimum absolute atomic E-state index is 0.0801. The molecule has 2 saturated carbocycles. The lowest BCUT2D eigenvalue weighted by molar-refractivity contribution is 0.0412. The third-order valence-corrected chi connectivity index (χ3v) is 7.11. The minimum atomic E-state index is 0.0801. The van der Waals surface area contributed by atoms with Crippen LogP contribution in [0, 0.1) is 16.2 Å². The van der Waals surface area contributed by atoms with E-state index in [1.54, 1.807) is 0 Å². The molecule has 2 heteroatoms. The summed E-state index contributed by atoms with van der Waals surface area (Å²) in [7, 11) is 0. The summed E-state index contributed by atoms with van der Waals surface area (Å²) in [6, 6.07) is 0. The summed E-state index contributed by atoms with van der Waals surface area (Å²) in [5.74, 6) is 0. The van der Waals surface area contributed by atoms with Gasteiger partial charge in [0.15, 0.2) is 0 Å². The smallest absolute Gasteiger partial charge is 0.0364 e. The van der Waals surface area contributed by atoms with Crippen LogP contribution in [0.1, 0.15) is 59.8 Å². The fraction of sp³-hybridized carbons (Fsp3) is 0.857. The first-order valence-electron chi connectivity index (χ1n) is 6.37. The monoisotopic (exact) mass is 254 g/mol. The van der Waals surface area contributed by atoms with E-state index in [9.17, 15) is 0 Å². The Kier molecular flexibility index (Phi) is 2.83. The zero-order valence-electron chi connectivity index (χ0n) is 10.9. The first kappa shape index (κ1) is 12.6. The average Bonchev–Trinajstić information content (AvgIpc) is 2.34. The molecule has 0 bridgehead atoms. The first-order valence-corrected chi connectivity index (χ1v) is 7.18. The molecule has 0 aromatic rings. The SMILES string of the molecule is CC1(C)C(=S)C(=S)C2(CCCCC2)C1(C)C. The van der Waals surface area contributed by atoms with Gasteiger partial charge in [0, 0.05) is 20.6 Å². The average molecular weight is 254 g/mol. The highest BCUT2D eigenvalue weighted by molar-refractivity contribution is 7.89. The lowest BCUT2D eigenvalue weighted by Crippen LogP contribution is -2.44. The van der Waals surface area contributed by atoms with Crippen molar-refractivity contribution in [3.8, 4) is 0 Å². The van der Waals surface area contributed by atoms with Crippen molar-refractivity contribution in [2.24, 2.45) is 16.2 Å². The molecule has 2 rings (SSSR count). The van der Waals surface area contributed by atoms with Crippen LogP contribution in [0.25, 0.3) is 0 Å². The van der Waals surface area contributed by atoms with Gasteiger partial charge in [-0.3, -0.25) is 0 Å². The van der Waals surface area contributed by atoms with Crippen molar-refractivity contribution in [1.82, 2.24) is 0 Å². The van der Waals surface area contributed by atoms with Gasteiger partial charge in [0.05, 0.1) is 0 Å². The molecule has 0 heterocycles. The first-order chi connectivity index (χ1) is 7.27. The summed E-state index contributed by atoms with van der Waals surface area (Å²) in [4.78, 5) is 2.19. The number of thiocarbonyl (C=S) groups is 2. The van der Waals surface area contributed by atoms with E-state index < -0.39 is 0 Å². The summed E-state index contributed by atoms with van der Waals surface area (Å²) in [6.45, 7) is 9.32. The molecule has 0 nitrogen and oxygen atoms in total. The highest BCUT2D eigenvalue weighted by atomic mass is 32.1. The third kappa shape index (κ3) is 1.26. The van der Waals surface area contributed by atoms with Crippen molar-refractivity contribution in [3.05, 3.63) is 0 Å². The topological polar surface area (TPSA) is 0 Å². The second-order valence-corrected chi connectivity index (χ2v) is 7.37. The van der Waals surface area contributed by atoms with Gasteiger partial charge in [-0.1, -0.05) is 71.4 Å². The molecule has 2 aliphatic carbocycles. The fourth-order valence-electron chi connectivity index (χ4n) is 3.67. The Morgan fingerprint density at radius 3 is 1.69 bits per heavy atom. The quantitative estimate of drug-likeness (QED) is 0.573. The molecule has 2 fully saturated rings. The summed E-state index contributed by atoms with van der Waals surface area (Å²) in [6.07, 6.45) is 6.52. The van der Waals surface area contributed by atoms with Gasteiger partial charge in [-0.15, -0.1) is 0 Å². The van der Waals surface area contributed by atoms with E-state index in [1.165, 1.54) is 32.1 Å². The predicted octanol–water partition coefficient (Wildman–Crippen LogP) is 4.74. The normalized spacial score (nSPS) is 31.0. The van der Waals surface area contributed by atoms with E-state index >= 15 is 0 Å². The zero-order chi connectivity index (χ0) is 12.2. The summed E-state index contributed by atoms with van der Waals surface area (Å²) >= 11 is 11.4. The van der Waals surface area contributed by atoms with Crippen LogP contribution in [0.15, 0.2) is 0 Å². The second-order valence-electron chi connectivity index (χ2n) is 6.55. The molecule has 0 N–H and O–H groups in total.